The molecular weight excluding hydrogens is 568 g/mol. The van der Waals surface area contributed by atoms with Crippen LogP contribution in [-0.4, -0.2) is 31.8 Å². The van der Waals surface area contributed by atoms with E-state index in [1.165, 1.54) is 12.1 Å². The Hall–Kier alpha value is -3.96. The summed E-state index contributed by atoms with van der Waals surface area (Å²) in [6, 6.07) is 13.2. The van der Waals surface area contributed by atoms with Crippen molar-refractivity contribution in [1.82, 2.24) is 9.97 Å². The lowest BCUT2D eigenvalue weighted by atomic mass is 10.0. The standard InChI is InChI=1S/C29H33ClN4O6S/c1-4-6-9-18(5-2)16-39-23-13-12-17(3)14-24(23)40-41(38)34-21-11-8-7-10-19(21)28(36)31-22-15-20(30)25-26(27(22)35)33-29(37)32-25/h7-8,10-15,18,34-35H,4-6,9,16H2,1-3H3,(H,31,36)(H2,32,33,37). The third-order valence-electron chi connectivity index (χ3n) is 6.62. The highest BCUT2D eigenvalue weighted by molar-refractivity contribution is 7.82. The summed E-state index contributed by atoms with van der Waals surface area (Å²) in [5.74, 6) is 0.228. The summed E-state index contributed by atoms with van der Waals surface area (Å²) in [5, 5.41) is 13.3. The number of H-pyrrole nitrogens is 2. The van der Waals surface area contributed by atoms with Gasteiger partial charge in [0.1, 0.15) is 5.52 Å². The highest BCUT2D eigenvalue weighted by atomic mass is 35.5. The zero-order valence-corrected chi connectivity index (χ0v) is 24.6. The van der Waals surface area contributed by atoms with Gasteiger partial charge in [0.05, 0.1) is 34.1 Å². The number of phenolic OH excluding ortho intramolecular Hbond substituents is 1. The number of para-hydroxylation sites is 1. The molecular formula is C29H33ClN4O6S. The summed E-state index contributed by atoms with van der Waals surface area (Å²) in [6.45, 7) is 6.72. The molecule has 2 atom stereocenters. The van der Waals surface area contributed by atoms with Crippen molar-refractivity contribution < 1.29 is 23.0 Å². The number of hydrogen-bond acceptors (Lipinski definition) is 6. The zero-order valence-electron chi connectivity index (χ0n) is 23.0. The van der Waals surface area contributed by atoms with Crippen molar-refractivity contribution in [2.24, 2.45) is 5.92 Å². The number of rotatable bonds is 13. The number of carbonyl (C=O) groups excluding carboxylic acids is 1. The number of hydrogen-bond donors (Lipinski definition) is 5. The number of nitrogens with one attached hydrogen (secondary N) is 4. The van der Waals surface area contributed by atoms with Crippen molar-refractivity contribution in [2.45, 2.75) is 46.5 Å². The van der Waals surface area contributed by atoms with E-state index in [0.29, 0.717) is 24.0 Å². The fourth-order valence-electron chi connectivity index (χ4n) is 4.29. The van der Waals surface area contributed by atoms with Gasteiger partial charge >= 0.3 is 17.0 Å². The summed E-state index contributed by atoms with van der Waals surface area (Å²) in [7, 11) is 0. The van der Waals surface area contributed by atoms with Crippen LogP contribution < -0.4 is 24.6 Å². The second-order valence-corrected chi connectivity index (χ2v) is 10.9. The maximum absolute atomic E-state index is 13.2. The van der Waals surface area contributed by atoms with Crippen LogP contribution in [0.15, 0.2) is 53.3 Å². The predicted molar refractivity (Wildman–Crippen MR) is 162 cm³/mol. The second kappa shape index (κ2) is 13.6. The number of benzene rings is 3. The molecule has 3 aromatic carbocycles. The van der Waals surface area contributed by atoms with Crippen LogP contribution in [0, 0.1) is 12.8 Å². The Balaban J connectivity index is 1.49. The van der Waals surface area contributed by atoms with Crippen molar-refractivity contribution in [3.05, 3.63) is 75.2 Å². The maximum atomic E-state index is 13.2. The molecule has 0 radical (unpaired) electrons. The number of imidazole rings is 1. The van der Waals surface area contributed by atoms with E-state index in [1.54, 1.807) is 30.3 Å². The largest absolute Gasteiger partial charge is 0.504 e. The van der Waals surface area contributed by atoms with E-state index in [2.05, 4.69) is 33.9 Å². The van der Waals surface area contributed by atoms with Crippen LogP contribution in [-0.2, 0) is 11.3 Å². The number of aromatic amines is 2. The van der Waals surface area contributed by atoms with E-state index >= 15 is 0 Å². The molecule has 0 bridgehead atoms. The van der Waals surface area contributed by atoms with Gasteiger partial charge in [-0.1, -0.05) is 62.9 Å². The Morgan fingerprint density at radius 3 is 2.59 bits per heavy atom. The monoisotopic (exact) mass is 600 g/mol. The lowest BCUT2D eigenvalue weighted by molar-refractivity contribution is 0.102. The first-order valence-corrected chi connectivity index (χ1v) is 14.8. The molecule has 0 aliphatic carbocycles. The van der Waals surface area contributed by atoms with Crippen molar-refractivity contribution in [3.8, 4) is 17.2 Å². The number of ether oxygens (including phenoxy) is 1. The Morgan fingerprint density at radius 2 is 1.83 bits per heavy atom. The van der Waals surface area contributed by atoms with Crippen LogP contribution in [0.2, 0.25) is 5.02 Å². The molecule has 0 fully saturated rings. The average molecular weight is 601 g/mol. The quantitative estimate of drug-likeness (QED) is 0.112. The molecule has 1 heterocycles. The van der Waals surface area contributed by atoms with Crippen molar-refractivity contribution in [1.29, 1.82) is 0 Å². The van der Waals surface area contributed by atoms with Crippen LogP contribution in [0.3, 0.4) is 0 Å². The highest BCUT2D eigenvalue weighted by Gasteiger charge is 2.19. The number of fused-ring (bicyclic) bond motifs is 1. The van der Waals surface area contributed by atoms with E-state index in [9.17, 15) is 18.9 Å². The van der Waals surface area contributed by atoms with Gasteiger partial charge in [0.25, 0.3) is 5.91 Å². The van der Waals surface area contributed by atoms with Crippen LogP contribution in [0.5, 0.6) is 17.2 Å². The molecule has 0 spiro atoms. The third-order valence-corrected chi connectivity index (χ3v) is 7.64. The minimum absolute atomic E-state index is 0.0132. The van der Waals surface area contributed by atoms with Gasteiger partial charge in [0, 0.05) is 0 Å². The van der Waals surface area contributed by atoms with Gasteiger partial charge in [-0.15, -0.1) is 0 Å². The Kier molecular flexibility index (Phi) is 9.95. The van der Waals surface area contributed by atoms with Gasteiger partial charge in [-0.05, 0) is 55.2 Å². The van der Waals surface area contributed by atoms with E-state index in [1.807, 2.05) is 13.0 Å². The fraction of sp³-hybridized carbons (Fsp3) is 0.310. The molecule has 0 aliphatic heterocycles. The van der Waals surface area contributed by atoms with Crippen LogP contribution >= 0.6 is 11.6 Å². The number of amides is 1. The first-order valence-electron chi connectivity index (χ1n) is 13.3. The first kappa shape index (κ1) is 30.0. The van der Waals surface area contributed by atoms with Gasteiger partial charge in [-0.2, -0.15) is 4.21 Å². The SMILES string of the molecule is CCCCC(CC)COc1ccc(C)cc1OS(=O)Nc1ccccc1C(=O)Nc1cc(Cl)c2[nH]c(=O)[nH]c2c1O. The number of anilines is 2. The average Bonchev–Trinajstić information content (AvgIpc) is 3.35. The molecule has 4 aromatic rings. The van der Waals surface area contributed by atoms with Gasteiger partial charge in [0.2, 0.25) is 0 Å². The topological polar surface area (TPSA) is 146 Å². The number of aromatic hydroxyl groups is 1. The third kappa shape index (κ3) is 7.42. The number of unbranched alkanes of at least 4 members (excludes halogenated alkanes) is 1. The highest BCUT2D eigenvalue weighted by Crippen LogP contribution is 2.36. The molecule has 5 N–H and O–H groups in total. The molecule has 1 amide bonds. The fourth-order valence-corrected chi connectivity index (χ4v) is 5.24. The summed E-state index contributed by atoms with van der Waals surface area (Å²) >= 11 is 4.13. The van der Waals surface area contributed by atoms with Crippen LogP contribution in [0.25, 0.3) is 11.0 Å². The molecule has 1 aromatic heterocycles. The minimum atomic E-state index is -2.08. The smallest absolute Gasteiger partial charge is 0.323 e. The number of halogens is 1. The number of aryl methyl sites for hydroxylation is 1. The lowest BCUT2D eigenvalue weighted by Crippen LogP contribution is -2.18. The molecule has 41 heavy (non-hydrogen) atoms. The normalized spacial score (nSPS) is 12.6. The van der Waals surface area contributed by atoms with E-state index in [0.717, 1.165) is 31.2 Å². The molecule has 0 saturated carbocycles. The van der Waals surface area contributed by atoms with Gasteiger partial charge in [-0.3, -0.25) is 9.52 Å². The molecule has 2 unspecified atom stereocenters. The number of carbonyl (C=O) groups is 1. The molecule has 4 rings (SSSR count). The molecule has 10 nitrogen and oxygen atoms in total. The molecule has 12 heteroatoms. The zero-order chi connectivity index (χ0) is 29.5. The molecule has 0 aliphatic rings. The van der Waals surface area contributed by atoms with Gasteiger partial charge in [-0.25, -0.2) is 4.79 Å². The van der Waals surface area contributed by atoms with Crippen molar-refractivity contribution >= 4 is 51.2 Å². The lowest BCUT2D eigenvalue weighted by Gasteiger charge is -2.18. The minimum Gasteiger partial charge on any atom is -0.504 e. The number of aromatic nitrogens is 2. The predicted octanol–water partition coefficient (Wildman–Crippen LogP) is 6.44. The first-order chi connectivity index (χ1) is 19.7. The number of phenols is 1. The summed E-state index contributed by atoms with van der Waals surface area (Å²) < 4.78 is 27.6. The Bertz CT molecular complexity index is 1620. The Morgan fingerprint density at radius 1 is 1.07 bits per heavy atom. The van der Waals surface area contributed by atoms with Crippen LogP contribution in [0.4, 0.5) is 11.4 Å². The Labute approximate surface area is 245 Å². The van der Waals surface area contributed by atoms with Crippen LogP contribution in [0.1, 0.15) is 55.5 Å². The maximum Gasteiger partial charge on any atom is 0.323 e. The van der Waals surface area contributed by atoms with E-state index < -0.39 is 22.9 Å². The second-order valence-electron chi connectivity index (χ2n) is 9.68. The molecule has 218 valence electrons. The van der Waals surface area contributed by atoms with Crippen molar-refractivity contribution in [2.75, 3.05) is 16.6 Å². The van der Waals surface area contributed by atoms with E-state index in [4.69, 9.17) is 20.5 Å². The molecule has 0 saturated heterocycles. The van der Waals surface area contributed by atoms with Gasteiger partial charge < -0.3 is 29.3 Å². The summed E-state index contributed by atoms with van der Waals surface area (Å²) in [5.41, 5.74) is 0.970. The van der Waals surface area contributed by atoms with Gasteiger partial charge in [0.15, 0.2) is 17.2 Å². The summed E-state index contributed by atoms with van der Waals surface area (Å²) in [4.78, 5) is 29.8. The summed E-state index contributed by atoms with van der Waals surface area (Å²) in [6.07, 6.45) is 4.32. The van der Waals surface area contributed by atoms with Crippen molar-refractivity contribution in [3.63, 3.8) is 0 Å². The van der Waals surface area contributed by atoms with E-state index in [-0.39, 0.29) is 38.7 Å².